The van der Waals surface area contributed by atoms with Crippen LogP contribution in [0.25, 0.3) is 0 Å². The number of carbonyl (C=O) groups is 1. The van der Waals surface area contributed by atoms with Crippen molar-refractivity contribution in [1.82, 2.24) is 0 Å². The predicted molar refractivity (Wildman–Crippen MR) is 59.0 cm³/mol. The summed E-state index contributed by atoms with van der Waals surface area (Å²) in [5.74, 6) is 0.208. The maximum Gasteiger partial charge on any atom is 0.163 e. The van der Waals surface area contributed by atoms with Gasteiger partial charge >= 0.3 is 0 Å². The van der Waals surface area contributed by atoms with Gasteiger partial charge in [-0.15, -0.1) is 5.73 Å². The molecule has 1 atom stereocenters. The Balaban J connectivity index is 3.04. The lowest BCUT2D eigenvalue weighted by molar-refractivity contribution is -0.120. The van der Waals surface area contributed by atoms with Gasteiger partial charge in [-0.2, -0.15) is 0 Å². The van der Waals surface area contributed by atoms with Crippen LogP contribution in [0.4, 0.5) is 0 Å². The number of carbonyl (C=O) groups excluding carboxylic acids is 1. The van der Waals surface area contributed by atoms with E-state index in [1.54, 1.807) is 6.08 Å². The van der Waals surface area contributed by atoms with Gasteiger partial charge in [0.05, 0.1) is 5.92 Å². The summed E-state index contributed by atoms with van der Waals surface area (Å²) in [7, 11) is 0. The molecule has 0 aromatic rings. The number of allylic oxidation sites excluding steroid dienone is 3. The zero-order chi connectivity index (χ0) is 10.8. The van der Waals surface area contributed by atoms with Gasteiger partial charge < -0.3 is 0 Å². The molecule has 1 nitrogen and oxygen atoms in total. The van der Waals surface area contributed by atoms with Gasteiger partial charge in [-0.1, -0.05) is 19.9 Å². The van der Waals surface area contributed by atoms with Crippen LogP contribution in [0.15, 0.2) is 29.5 Å². The van der Waals surface area contributed by atoms with Gasteiger partial charge in [0.2, 0.25) is 0 Å². The van der Waals surface area contributed by atoms with E-state index in [-0.39, 0.29) is 17.1 Å². The van der Waals surface area contributed by atoms with Crippen molar-refractivity contribution in [3.63, 3.8) is 0 Å². The Morgan fingerprint density at radius 2 is 2.29 bits per heavy atom. The van der Waals surface area contributed by atoms with E-state index in [4.69, 9.17) is 0 Å². The maximum absolute atomic E-state index is 11.9. The Morgan fingerprint density at radius 3 is 2.79 bits per heavy atom. The van der Waals surface area contributed by atoms with Gasteiger partial charge in [-0.05, 0) is 43.4 Å². The standard InChI is InChI=1S/C13H18O/c1-5-7-11(14)12-10(2)8-6-9-13(12,3)4/h5-7,12H,9H2,1-4H3/b7-5+. The van der Waals surface area contributed by atoms with Gasteiger partial charge in [0.15, 0.2) is 5.78 Å². The van der Waals surface area contributed by atoms with Crippen LogP contribution in [0, 0.1) is 11.3 Å². The summed E-state index contributed by atoms with van der Waals surface area (Å²) in [4.78, 5) is 11.9. The molecule has 0 radical (unpaired) electrons. The Labute approximate surface area is 86.2 Å². The minimum Gasteiger partial charge on any atom is -0.294 e. The molecule has 1 heteroatoms. The van der Waals surface area contributed by atoms with Crippen LogP contribution in [-0.4, -0.2) is 5.78 Å². The molecule has 0 heterocycles. The molecule has 0 saturated carbocycles. The van der Waals surface area contributed by atoms with E-state index >= 15 is 0 Å². The van der Waals surface area contributed by atoms with Crippen LogP contribution >= 0.6 is 0 Å². The molecule has 1 unspecified atom stereocenters. The SMILES string of the molecule is C/C=C/C(=O)C1C(C)=C=CCC1(C)C. The zero-order valence-electron chi connectivity index (χ0n) is 9.42. The average Bonchev–Trinajstić information content (AvgIpc) is 2.02. The van der Waals surface area contributed by atoms with Crippen molar-refractivity contribution < 1.29 is 4.79 Å². The minimum absolute atomic E-state index is 0.00343. The fourth-order valence-corrected chi connectivity index (χ4v) is 2.12. The summed E-state index contributed by atoms with van der Waals surface area (Å²) in [6.07, 6.45) is 6.44. The second-order valence-electron chi connectivity index (χ2n) is 4.56. The summed E-state index contributed by atoms with van der Waals surface area (Å²) in [5, 5.41) is 0. The molecule has 14 heavy (non-hydrogen) atoms. The highest BCUT2D eigenvalue weighted by Gasteiger charge is 2.35. The van der Waals surface area contributed by atoms with Crippen LogP contribution in [0.1, 0.15) is 34.1 Å². The Kier molecular flexibility index (Phi) is 3.13. The highest BCUT2D eigenvalue weighted by atomic mass is 16.1. The first-order chi connectivity index (χ1) is 6.49. The highest BCUT2D eigenvalue weighted by molar-refractivity contribution is 5.94. The Bertz CT molecular complexity index is 325. The fourth-order valence-electron chi connectivity index (χ4n) is 2.12. The van der Waals surface area contributed by atoms with Crippen LogP contribution < -0.4 is 0 Å². The van der Waals surface area contributed by atoms with Crippen molar-refractivity contribution in [2.45, 2.75) is 34.1 Å². The van der Waals surface area contributed by atoms with E-state index < -0.39 is 0 Å². The summed E-state index contributed by atoms with van der Waals surface area (Å²) >= 11 is 0. The molecule has 0 aromatic heterocycles. The van der Waals surface area contributed by atoms with Crippen molar-refractivity contribution in [2.75, 3.05) is 0 Å². The van der Waals surface area contributed by atoms with Crippen molar-refractivity contribution >= 4 is 5.78 Å². The molecule has 1 aliphatic rings. The molecule has 76 valence electrons. The van der Waals surface area contributed by atoms with Gasteiger partial charge in [0.1, 0.15) is 0 Å². The molecule has 0 spiro atoms. The van der Waals surface area contributed by atoms with E-state index in [9.17, 15) is 4.79 Å². The highest BCUT2D eigenvalue weighted by Crippen LogP contribution is 2.38. The molecule has 0 saturated heterocycles. The van der Waals surface area contributed by atoms with E-state index in [2.05, 4.69) is 19.6 Å². The minimum atomic E-state index is 0.00343. The van der Waals surface area contributed by atoms with Crippen LogP contribution in [0.5, 0.6) is 0 Å². The third-order valence-corrected chi connectivity index (χ3v) is 2.79. The third-order valence-electron chi connectivity index (χ3n) is 2.79. The van der Waals surface area contributed by atoms with Crippen LogP contribution in [-0.2, 0) is 4.79 Å². The first-order valence-electron chi connectivity index (χ1n) is 5.07. The maximum atomic E-state index is 11.9. The van der Waals surface area contributed by atoms with E-state index in [0.717, 1.165) is 12.0 Å². The van der Waals surface area contributed by atoms with Gasteiger partial charge in [-0.3, -0.25) is 4.79 Å². The molecule has 1 rings (SSSR count). The monoisotopic (exact) mass is 190 g/mol. The Morgan fingerprint density at radius 1 is 1.64 bits per heavy atom. The Hall–Kier alpha value is -1.07. The van der Waals surface area contributed by atoms with Crippen molar-refractivity contribution in [3.8, 4) is 0 Å². The molecular weight excluding hydrogens is 172 g/mol. The third kappa shape index (κ3) is 2.05. The van der Waals surface area contributed by atoms with Crippen molar-refractivity contribution in [3.05, 3.63) is 29.5 Å². The second-order valence-corrected chi connectivity index (χ2v) is 4.56. The number of hydrogen-bond donors (Lipinski definition) is 0. The van der Waals surface area contributed by atoms with Gasteiger partial charge in [0.25, 0.3) is 0 Å². The molecule has 1 aliphatic carbocycles. The first kappa shape index (κ1) is 11.0. The van der Waals surface area contributed by atoms with Gasteiger partial charge in [-0.25, -0.2) is 0 Å². The van der Waals surface area contributed by atoms with Crippen LogP contribution in [0.2, 0.25) is 0 Å². The molecule has 0 amide bonds. The van der Waals surface area contributed by atoms with Crippen molar-refractivity contribution in [1.29, 1.82) is 0 Å². The van der Waals surface area contributed by atoms with Crippen molar-refractivity contribution in [2.24, 2.45) is 11.3 Å². The number of rotatable bonds is 2. The average molecular weight is 190 g/mol. The zero-order valence-corrected chi connectivity index (χ0v) is 9.42. The lowest BCUT2D eigenvalue weighted by Gasteiger charge is -2.33. The molecule has 0 fully saturated rings. The predicted octanol–water partition coefficient (Wildman–Crippen LogP) is 3.28. The smallest absolute Gasteiger partial charge is 0.163 e. The normalized spacial score (nSPS) is 25.1. The molecule has 0 bridgehead atoms. The summed E-state index contributed by atoms with van der Waals surface area (Å²) in [6, 6.07) is 0. The number of hydrogen-bond acceptors (Lipinski definition) is 1. The fraction of sp³-hybridized carbons (Fsp3) is 0.538. The number of ketones is 1. The van der Waals surface area contributed by atoms with Gasteiger partial charge in [0, 0.05) is 0 Å². The first-order valence-corrected chi connectivity index (χ1v) is 5.07. The molecule has 0 N–H and O–H groups in total. The summed E-state index contributed by atoms with van der Waals surface area (Å²) < 4.78 is 0. The molecule has 0 aliphatic heterocycles. The quantitative estimate of drug-likeness (QED) is 0.482. The second kappa shape index (κ2) is 3.98. The van der Waals surface area contributed by atoms with E-state index in [0.29, 0.717) is 0 Å². The van der Waals surface area contributed by atoms with E-state index in [1.165, 1.54) is 0 Å². The molecular formula is C13H18O. The van der Waals surface area contributed by atoms with E-state index in [1.807, 2.05) is 26.0 Å². The topological polar surface area (TPSA) is 17.1 Å². The lowest BCUT2D eigenvalue weighted by Crippen LogP contribution is -2.32. The van der Waals surface area contributed by atoms with Crippen LogP contribution in [0.3, 0.4) is 0 Å². The summed E-state index contributed by atoms with van der Waals surface area (Å²) in [5.41, 5.74) is 4.26. The summed E-state index contributed by atoms with van der Waals surface area (Å²) in [6.45, 7) is 8.14. The molecule has 0 aromatic carbocycles. The lowest BCUT2D eigenvalue weighted by atomic mass is 9.69. The largest absolute Gasteiger partial charge is 0.294 e.